The number of hydrogen-bond donors (Lipinski definition) is 1. The molecule has 0 spiro atoms. The molecule has 0 unspecified atom stereocenters. The highest BCUT2D eigenvalue weighted by molar-refractivity contribution is 5.87. The second-order valence-electron chi connectivity index (χ2n) is 2.87. The third kappa shape index (κ3) is 1.17. The molecule has 1 aromatic carbocycles. The Morgan fingerprint density at radius 1 is 1.43 bits per heavy atom. The molecule has 0 aliphatic carbocycles. The molecule has 0 saturated carbocycles. The van der Waals surface area contributed by atoms with Gasteiger partial charge in [-0.25, -0.2) is 4.39 Å². The van der Waals surface area contributed by atoms with E-state index in [-0.39, 0.29) is 11.1 Å². The summed E-state index contributed by atoms with van der Waals surface area (Å²) in [5.41, 5.74) is -0.0502. The molecule has 3 heteroatoms. The molecule has 0 bridgehead atoms. The highest BCUT2D eigenvalue weighted by Crippen LogP contribution is 2.18. The number of pyridine rings is 1. The number of nitrogens with one attached hydrogen (secondary N) is 1. The van der Waals surface area contributed by atoms with Crippen LogP contribution in [-0.4, -0.2) is 4.98 Å². The van der Waals surface area contributed by atoms with Crippen LogP contribution in [0.25, 0.3) is 10.8 Å². The molecule has 68 valence electrons. The average molecular weight is 187 g/mol. The normalized spacial score (nSPS) is 10.0. The summed E-state index contributed by atoms with van der Waals surface area (Å²) in [6.45, 7) is 0. The first-order valence-electron chi connectivity index (χ1n) is 4.00. The molecular weight excluding hydrogens is 181 g/mol. The Morgan fingerprint density at radius 3 is 2.93 bits per heavy atom. The average Bonchev–Trinajstić information content (AvgIpc) is 2.18. The molecule has 2 rings (SSSR count). The van der Waals surface area contributed by atoms with Gasteiger partial charge in [0.25, 0.3) is 0 Å². The summed E-state index contributed by atoms with van der Waals surface area (Å²) in [4.78, 5) is 13.4. The SMILES string of the molecule is C#Cc1c(F)ccc2cc(=O)[nH]cc12. The minimum Gasteiger partial charge on any atom is -0.328 e. The molecule has 0 aliphatic rings. The van der Waals surface area contributed by atoms with Crippen LogP contribution in [0.15, 0.2) is 29.2 Å². The van der Waals surface area contributed by atoms with Crippen molar-refractivity contribution in [1.82, 2.24) is 4.98 Å². The van der Waals surface area contributed by atoms with E-state index in [1.807, 2.05) is 0 Å². The topological polar surface area (TPSA) is 32.9 Å². The van der Waals surface area contributed by atoms with Gasteiger partial charge in [0.15, 0.2) is 0 Å². The minimum absolute atomic E-state index is 0.179. The summed E-state index contributed by atoms with van der Waals surface area (Å²) in [7, 11) is 0. The Labute approximate surface area is 79.4 Å². The van der Waals surface area contributed by atoms with Crippen molar-refractivity contribution in [3.63, 3.8) is 0 Å². The zero-order chi connectivity index (χ0) is 10.1. The number of terminal acetylenes is 1. The van der Waals surface area contributed by atoms with E-state index >= 15 is 0 Å². The molecule has 1 N–H and O–H groups in total. The molecule has 0 aliphatic heterocycles. The van der Waals surface area contributed by atoms with Gasteiger partial charge in [-0.3, -0.25) is 4.79 Å². The van der Waals surface area contributed by atoms with Crippen molar-refractivity contribution >= 4 is 10.8 Å². The standard InChI is InChI=1S/C11H6FNO/c1-2-8-9-6-13-11(14)5-7(9)3-4-10(8)12/h1,3-6H,(H,13,14). The minimum atomic E-state index is -0.452. The second-order valence-corrected chi connectivity index (χ2v) is 2.87. The van der Waals surface area contributed by atoms with Crippen LogP contribution in [0.2, 0.25) is 0 Å². The van der Waals surface area contributed by atoms with Gasteiger partial charge >= 0.3 is 0 Å². The maximum atomic E-state index is 13.2. The van der Waals surface area contributed by atoms with E-state index in [9.17, 15) is 9.18 Å². The molecule has 2 nitrogen and oxygen atoms in total. The van der Waals surface area contributed by atoms with Crippen molar-refractivity contribution in [2.24, 2.45) is 0 Å². The van der Waals surface area contributed by atoms with Crippen molar-refractivity contribution in [3.05, 3.63) is 46.1 Å². The number of aromatic nitrogens is 1. The predicted octanol–water partition coefficient (Wildman–Crippen LogP) is 1.65. The molecular formula is C11H6FNO. The van der Waals surface area contributed by atoms with Gasteiger partial charge in [0, 0.05) is 17.6 Å². The molecule has 1 heterocycles. The number of hydrogen-bond acceptors (Lipinski definition) is 1. The van der Waals surface area contributed by atoms with Crippen LogP contribution in [0.1, 0.15) is 5.56 Å². The lowest BCUT2D eigenvalue weighted by molar-refractivity contribution is 0.626. The van der Waals surface area contributed by atoms with E-state index in [4.69, 9.17) is 6.42 Å². The summed E-state index contributed by atoms with van der Waals surface area (Å²) in [6, 6.07) is 4.17. The van der Waals surface area contributed by atoms with Gasteiger partial charge in [-0.05, 0) is 11.5 Å². The van der Waals surface area contributed by atoms with E-state index in [1.54, 1.807) is 0 Å². The molecule has 2 aromatic rings. The maximum Gasteiger partial charge on any atom is 0.248 e. The molecule has 0 amide bonds. The van der Waals surface area contributed by atoms with Gasteiger partial charge in [-0.1, -0.05) is 12.0 Å². The van der Waals surface area contributed by atoms with Crippen LogP contribution in [-0.2, 0) is 0 Å². The molecule has 14 heavy (non-hydrogen) atoms. The van der Waals surface area contributed by atoms with Gasteiger partial charge in [0.1, 0.15) is 5.82 Å². The van der Waals surface area contributed by atoms with Crippen LogP contribution >= 0.6 is 0 Å². The van der Waals surface area contributed by atoms with Gasteiger partial charge in [-0.2, -0.15) is 0 Å². The summed E-state index contributed by atoms with van der Waals surface area (Å²) < 4.78 is 13.2. The van der Waals surface area contributed by atoms with Crippen LogP contribution in [0, 0.1) is 18.2 Å². The van der Waals surface area contributed by atoms with Crippen molar-refractivity contribution < 1.29 is 4.39 Å². The van der Waals surface area contributed by atoms with E-state index < -0.39 is 5.82 Å². The quantitative estimate of drug-likeness (QED) is 0.625. The van der Waals surface area contributed by atoms with Gasteiger partial charge in [-0.15, -0.1) is 6.42 Å². The summed E-state index contributed by atoms with van der Waals surface area (Å²) >= 11 is 0. The lowest BCUT2D eigenvalue weighted by Crippen LogP contribution is -2.02. The van der Waals surface area contributed by atoms with Crippen LogP contribution < -0.4 is 5.56 Å². The highest BCUT2D eigenvalue weighted by Gasteiger charge is 2.04. The Hall–Kier alpha value is -2.08. The largest absolute Gasteiger partial charge is 0.328 e. The number of aromatic amines is 1. The van der Waals surface area contributed by atoms with Crippen molar-refractivity contribution in [1.29, 1.82) is 0 Å². The third-order valence-electron chi connectivity index (χ3n) is 2.02. The Balaban J connectivity index is 2.97. The highest BCUT2D eigenvalue weighted by atomic mass is 19.1. The second kappa shape index (κ2) is 3.00. The zero-order valence-electron chi connectivity index (χ0n) is 7.17. The molecule has 0 radical (unpaired) electrons. The smallest absolute Gasteiger partial charge is 0.248 e. The Morgan fingerprint density at radius 2 is 2.21 bits per heavy atom. The van der Waals surface area contributed by atoms with E-state index in [0.29, 0.717) is 10.8 Å². The predicted molar refractivity (Wildman–Crippen MR) is 52.5 cm³/mol. The van der Waals surface area contributed by atoms with Crippen LogP contribution in [0.5, 0.6) is 0 Å². The summed E-state index contributed by atoms with van der Waals surface area (Å²) in [6.07, 6.45) is 6.60. The van der Waals surface area contributed by atoms with Crippen LogP contribution in [0.3, 0.4) is 0 Å². The molecule has 1 aromatic heterocycles. The Bertz CT molecular complexity index is 592. The zero-order valence-corrected chi connectivity index (χ0v) is 7.17. The third-order valence-corrected chi connectivity index (χ3v) is 2.02. The number of fused-ring (bicyclic) bond motifs is 1. The van der Waals surface area contributed by atoms with Crippen LogP contribution in [0.4, 0.5) is 4.39 Å². The first kappa shape index (κ1) is 8.52. The fourth-order valence-corrected chi connectivity index (χ4v) is 1.36. The van der Waals surface area contributed by atoms with Crippen molar-refractivity contribution in [2.75, 3.05) is 0 Å². The first-order chi connectivity index (χ1) is 6.72. The van der Waals surface area contributed by atoms with Gasteiger partial charge < -0.3 is 4.98 Å². The first-order valence-corrected chi connectivity index (χ1v) is 4.00. The maximum absolute atomic E-state index is 13.2. The Kier molecular flexibility index (Phi) is 1.83. The van der Waals surface area contributed by atoms with Gasteiger partial charge in [0.05, 0.1) is 5.56 Å². The lowest BCUT2D eigenvalue weighted by Gasteiger charge is -2.00. The fraction of sp³-hybridized carbons (Fsp3) is 0. The monoisotopic (exact) mass is 187 g/mol. The molecule has 0 saturated heterocycles. The summed E-state index contributed by atoms with van der Waals surface area (Å²) in [5, 5.41) is 1.19. The molecule has 0 fully saturated rings. The van der Waals surface area contributed by atoms with E-state index in [1.165, 1.54) is 24.4 Å². The van der Waals surface area contributed by atoms with Crippen molar-refractivity contribution in [2.45, 2.75) is 0 Å². The summed E-state index contributed by atoms with van der Waals surface area (Å²) in [5.74, 6) is 1.81. The van der Waals surface area contributed by atoms with Crippen molar-refractivity contribution in [3.8, 4) is 12.3 Å². The molecule has 0 atom stereocenters. The van der Waals surface area contributed by atoms with E-state index in [2.05, 4.69) is 10.9 Å². The number of H-pyrrole nitrogens is 1. The van der Waals surface area contributed by atoms with E-state index in [0.717, 1.165) is 0 Å². The number of halogens is 1. The lowest BCUT2D eigenvalue weighted by atomic mass is 10.1. The number of benzene rings is 1. The fourth-order valence-electron chi connectivity index (χ4n) is 1.36. The van der Waals surface area contributed by atoms with Gasteiger partial charge in [0.2, 0.25) is 5.56 Å². The number of rotatable bonds is 0.